The smallest absolute Gasteiger partial charge is 0.261 e. The van der Waals surface area contributed by atoms with Crippen LogP contribution in [0.25, 0.3) is 0 Å². The second-order valence-corrected chi connectivity index (χ2v) is 12.0. The molecule has 2 saturated heterocycles. The van der Waals surface area contributed by atoms with Crippen LogP contribution < -0.4 is 9.46 Å². The number of ether oxygens (including phenoxy) is 2. The van der Waals surface area contributed by atoms with Crippen molar-refractivity contribution in [1.29, 1.82) is 0 Å². The van der Waals surface area contributed by atoms with Crippen LogP contribution in [0.15, 0.2) is 71.6 Å². The van der Waals surface area contributed by atoms with Gasteiger partial charge in [-0.3, -0.25) is 14.4 Å². The van der Waals surface area contributed by atoms with E-state index in [1.165, 1.54) is 24.3 Å². The summed E-state index contributed by atoms with van der Waals surface area (Å²) in [5.41, 5.74) is 0.394. The Labute approximate surface area is 238 Å². The molecule has 0 atom stereocenters. The van der Waals surface area contributed by atoms with Crippen LogP contribution in [0.3, 0.4) is 0 Å². The first-order chi connectivity index (χ1) is 18.8. The topological polar surface area (TPSA) is 88.2 Å². The number of carbonyl (C=O) groups is 1. The van der Waals surface area contributed by atoms with E-state index in [1.807, 2.05) is 0 Å². The molecule has 3 aromatic carbocycles. The number of morpholine rings is 1. The fourth-order valence-electron chi connectivity index (χ4n) is 4.87. The molecule has 3 aromatic rings. The third kappa shape index (κ3) is 6.67. The lowest BCUT2D eigenvalue weighted by Gasteiger charge is -2.40. The monoisotopic (exact) mass is 589 g/mol. The normalized spacial score (nSPS) is 17.1. The molecule has 2 aliphatic heterocycles. The third-order valence-corrected chi connectivity index (χ3v) is 8.90. The summed E-state index contributed by atoms with van der Waals surface area (Å²) in [6.07, 6.45) is 1.71. The Bertz CT molecular complexity index is 1420. The van der Waals surface area contributed by atoms with Gasteiger partial charge in [-0.25, -0.2) is 8.42 Å². The van der Waals surface area contributed by atoms with Gasteiger partial charge in [-0.05, 0) is 67.4 Å². The minimum Gasteiger partial charge on any atom is -0.456 e. The van der Waals surface area contributed by atoms with E-state index < -0.39 is 10.0 Å². The summed E-state index contributed by atoms with van der Waals surface area (Å²) in [5, 5.41) is 0.798. The number of para-hydroxylation sites is 1. The fourth-order valence-corrected chi connectivity index (χ4v) is 6.30. The number of anilines is 1. The molecule has 5 rings (SSSR count). The molecule has 8 nitrogen and oxygen atoms in total. The summed E-state index contributed by atoms with van der Waals surface area (Å²) in [6, 6.07) is 18.0. The first kappa shape index (κ1) is 27.7. The predicted molar refractivity (Wildman–Crippen MR) is 152 cm³/mol. The summed E-state index contributed by atoms with van der Waals surface area (Å²) in [4.78, 5) is 17.7. The van der Waals surface area contributed by atoms with Gasteiger partial charge >= 0.3 is 0 Å². The van der Waals surface area contributed by atoms with E-state index in [4.69, 9.17) is 32.7 Å². The molecule has 2 heterocycles. The van der Waals surface area contributed by atoms with Gasteiger partial charge in [0.1, 0.15) is 11.5 Å². The van der Waals surface area contributed by atoms with Crippen LogP contribution in [-0.4, -0.2) is 69.6 Å². The number of halogens is 2. The van der Waals surface area contributed by atoms with E-state index in [2.05, 4.69) is 9.62 Å². The number of amides is 1. The average Bonchev–Trinajstić information content (AvgIpc) is 2.96. The van der Waals surface area contributed by atoms with Gasteiger partial charge in [-0.1, -0.05) is 35.3 Å². The quantitative estimate of drug-likeness (QED) is 0.390. The zero-order valence-corrected chi connectivity index (χ0v) is 23.5. The van der Waals surface area contributed by atoms with Gasteiger partial charge in [0.25, 0.3) is 15.9 Å². The highest BCUT2D eigenvalue weighted by Crippen LogP contribution is 2.31. The Morgan fingerprint density at radius 1 is 0.923 bits per heavy atom. The molecule has 2 fully saturated rings. The van der Waals surface area contributed by atoms with Crippen LogP contribution in [0.5, 0.6) is 11.5 Å². The Morgan fingerprint density at radius 3 is 2.31 bits per heavy atom. The largest absolute Gasteiger partial charge is 0.456 e. The van der Waals surface area contributed by atoms with Gasteiger partial charge in [0, 0.05) is 37.2 Å². The maximum Gasteiger partial charge on any atom is 0.261 e. The Kier molecular flexibility index (Phi) is 8.64. The van der Waals surface area contributed by atoms with Gasteiger partial charge in [0.2, 0.25) is 0 Å². The molecule has 1 N–H and O–H groups in total. The lowest BCUT2D eigenvalue weighted by atomic mass is 10.0. The van der Waals surface area contributed by atoms with Gasteiger partial charge in [-0.15, -0.1) is 0 Å². The molecule has 0 aromatic heterocycles. The van der Waals surface area contributed by atoms with Gasteiger partial charge in [0.15, 0.2) is 0 Å². The number of sulfonamides is 1. The van der Waals surface area contributed by atoms with E-state index in [9.17, 15) is 13.2 Å². The number of hydrogen-bond donors (Lipinski definition) is 1. The molecule has 0 spiro atoms. The molecule has 0 bridgehead atoms. The molecule has 0 aliphatic carbocycles. The zero-order chi connectivity index (χ0) is 27.4. The number of hydrogen-bond acceptors (Lipinski definition) is 6. The summed E-state index contributed by atoms with van der Waals surface area (Å²) >= 11 is 12.4. The highest BCUT2D eigenvalue weighted by Gasteiger charge is 2.30. The predicted octanol–water partition coefficient (Wildman–Crippen LogP) is 5.52. The lowest BCUT2D eigenvalue weighted by Crippen LogP contribution is -2.50. The van der Waals surface area contributed by atoms with Crippen LogP contribution in [0.2, 0.25) is 10.0 Å². The molecular formula is C28H29Cl2N3O5S. The summed E-state index contributed by atoms with van der Waals surface area (Å²) in [6.45, 7) is 4.47. The first-order valence-corrected chi connectivity index (χ1v) is 15.0. The number of piperidine rings is 1. The number of carbonyl (C=O) groups excluding carboxylic acids is 1. The average molecular weight is 591 g/mol. The maximum atomic E-state index is 13.5. The number of rotatable bonds is 7. The van der Waals surface area contributed by atoms with Crippen LogP contribution in [-0.2, 0) is 14.8 Å². The molecule has 39 heavy (non-hydrogen) atoms. The summed E-state index contributed by atoms with van der Waals surface area (Å²) in [7, 11) is -4.00. The van der Waals surface area contributed by atoms with Crippen molar-refractivity contribution in [2.75, 3.05) is 44.1 Å². The van der Waals surface area contributed by atoms with Crippen molar-refractivity contribution < 1.29 is 22.7 Å². The molecule has 1 amide bonds. The van der Waals surface area contributed by atoms with Crippen LogP contribution in [0.4, 0.5) is 5.69 Å². The second-order valence-electron chi connectivity index (χ2n) is 9.47. The number of likely N-dealkylation sites (tertiary alicyclic amines) is 1. The molecule has 0 saturated carbocycles. The molecule has 11 heteroatoms. The van der Waals surface area contributed by atoms with Crippen molar-refractivity contribution in [3.05, 3.63) is 82.3 Å². The van der Waals surface area contributed by atoms with Gasteiger partial charge in [0.05, 0.1) is 34.4 Å². The first-order valence-electron chi connectivity index (χ1n) is 12.8. The fraction of sp³-hybridized carbons (Fsp3) is 0.321. The van der Waals surface area contributed by atoms with Crippen molar-refractivity contribution in [2.24, 2.45) is 0 Å². The number of nitrogens with zero attached hydrogens (tertiary/aromatic N) is 2. The molecule has 206 valence electrons. The SMILES string of the molecule is O=C(c1cc(Cl)ccc1NS(=O)(=O)c1ccc(Oc2ccccc2Cl)cc1)N1CCC(N2CCOCC2)CC1. The molecule has 2 aliphatic rings. The van der Waals surface area contributed by atoms with Gasteiger partial charge < -0.3 is 14.4 Å². The molecule has 0 radical (unpaired) electrons. The van der Waals surface area contributed by atoms with Crippen molar-refractivity contribution in [3.63, 3.8) is 0 Å². The van der Waals surface area contributed by atoms with E-state index in [0.717, 1.165) is 39.1 Å². The van der Waals surface area contributed by atoms with Crippen molar-refractivity contribution in [1.82, 2.24) is 9.80 Å². The van der Waals surface area contributed by atoms with Crippen LogP contribution >= 0.6 is 23.2 Å². The Morgan fingerprint density at radius 2 is 1.62 bits per heavy atom. The Balaban J connectivity index is 1.28. The second kappa shape index (κ2) is 12.1. The zero-order valence-electron chi connectivity index (χ0n) is 21.2. The number of benzene rings is 3. The lowest BCUT2D eigenvalue weighted by molar-refractivity contribution is 0.00160. The van der Waals surface area contributed by atoms with E-state index in [-0.39, 0.29) is 22.1 Å². The van der Waals surface area contributed by atoms with E-state index in [1.54, 1.807) is 47.4 Å². The highest BCUT2D eigenvalue weighted by atomic mass is 35.5. The maximum absolute atomic E-state index is 13.5. The minimum absolute atomic E-state index is 0.0219. The Hall–Kier alpha value is -2.82. The summed E-state index contributed by atoms with van der Waals surface area (Å²) < 4.78 is 40.2. The molecular weight excluding hydrogens is 561 g/mol. The van der Waals surface area contributed by atoms with E-state index >= 15 is 0 Å². The van der Waals surface area contributed by atoms with Crippen molar-refractivity contribution >= 4 is 44.8 Å². The van der Waals surface area contributed by atoms with Crippen LogP contribution in [0.1, 0.15) is 23.2 Å². The third-order valence-electron chi connectivity index (χ3n) is 6.97. The van der Waals surface area contributed by atoms with Crippen molar-refractivity contribution in [3.8, 4) is 11.5 Å². The summed E-state index contributed by atoms with van der Waals surface area (Å²) in [5.74, 6) is 0.648. The van der Waals surface area contributed by atoms with Crippen LogP contribution in [0, 0.1) is 0 Å². The minimum atomic E-state index is -4.00. The number of nitrogens with one attached hydrogen (secondary N) is 1. The highest BCUT2D eigenvalue weighted by molar-refractivity contribution is 7.92. The van der Waals surface area contributed by atoms with Crippen molar-refractivity contribution in [2.45, 2.75) is 23.8 Å². The molecule has 0 unspecified atom stereocenters. The standard InChI is InChI=1S/C28H29Cl2N3O5S/c29-20-5-10-26(24(19-20)28(34)33-13-11-21(12-14-33)32-15-17-37-18-16-32)31-39(35,36)23-8-6-22(7-9-23)38-27-4-2-1-3-25(27)30/h1-10,19,21,31H,11-18H2. The van der Waals surface area contributed by atoms with Gasteiger partial charge in [-0.2, -0.15) is 0 Å². The van der Waals surface area contributed by atoms with E-state index in [0.29, 0.717) is 40.7 Å².